The number of benzene rings is 8. The van der Waals surface area contributed by atoms with Crippen molar-refractivity contribution in [2.24, 2.45) is 0 Å². The lowest BCUT2D eigenvalue weighted by Gasteiger charge is -2.62. The quantitative estimate of drug-likeness (QED) is 0.0406. The summed E-state index contributed by atoms with van der Waals surface area (Å²) in [4.78, 5) is 88.2. The van der Waals surface area contributed by atoms with Crippen molar-refractivity contribution in [3.63, 3.8) is 0 Å². The van der Waals surface area contributed by atoms with Crippen molar-refractivity contribution in [3.05, 3.63) is 197 Å². The molecule has 14 aliphatic rings. The van der Waals surface area contributed by atoms with Gasteiger partial charge in [-0.2, -0.15) is 10.5 Å². The summed E-state index contributed by atoms with van der Waals surface area (Å²) in [5.41, 5.74) is 10.8. The van der Waals surface area contributed by atoms with Crippen molar-refractivity contribution in [2.75, 3.05) is 93.9 Å². The van der Waals surface area contributed by atoms with Crippen LogP contribution in [0.1, 0.15) is 191 Å². The van der Waals surface area contributed by atoms with E-state index in [0.717, 1.165) is 50.9 Å². The van der Waals surface area contributed by atoms with Crippen LogP contribution in [0.2, 0.25) is 0 Å². The standard InChI is InChI=1S/C49H50N4O11S.C40H42N4O10S.C9H9ClO.4CH4/c1-24-16-29-17-31-32(20-50)53-33-21-60-48(57)49(30-19-34(58-5)35(18-28(30)14-15-51-49)64-36(55)13-12-27-10-8-7-9-11-27)22-65-47(41(53)40(52(31)4)37(29)42(56)43(24)59-6)39-38(33)46-45(61-23-62-46)25(2)44(39)63-26(3)54;1-17-9-21-10-23-24(13-41)44-25-14-51-39(48)40(22-12-27(49-5)26(46)11-20(22)7-8-42-40)15-55-38(32(44)31(43(23)4)28(21)33(47)34(17)50-6)30-29(25)37-36(52-16-53-37)18(2)35(30)54-19(3)45;10-9(11)7-6-8-4-2-1-3-5-8;;;;/h7-11,16,18-19,31-33,40-41,47,51,56H,12-15,17,21-23H2,1-6H3;9,11-12,23-25,31-32,38,42,46-47H,7-8,10,14-16H2,1-6H3;1-5H,6-7H2;4*1H4/t31-,32-,33-,40+,41?,47+,49+;23-,24-,25-,31+,32?,38+,40+;;;;;/m00...../s1. The molecule has 0 aliphatic carbocycles. The van der Waals surface area contributed by atoms with Crippen LogP contribution in [0.3, 0.4) is 0 Å². The van der Waals surface area contributed by atoms with E-state index in [9.17, 15) is 49.8 Å². The Labute approximate surface area is 800 Å². The Kier molecular flexibility index (Phi) is 29.1. The summed E-state index contributed by atoms with van der Waals surface area (Å²) in [5, 5.41) is 63.0. The van der Waals surface area contributed by atoms with E-state index in [0.29, 0.717) is 153 Å². The van der Waals surface area contributed by atoms with Gasteiger partial charge >= 0.3 is 29.8 Å². The van der Waals surface area contributed by atoms with Crippen LogP contribution in [0.4, 0.5) is 0 Å². The molecule has 0 amide bonds. The first-order valence-electron chi connectivity index (χ1n) is 43.7. The van der Waals surface area contributed by atoms with E-state index >= 15 is 4.79 Å². The number of esters is 5. The predicted molar refractivity (Wildman–Crippen MR) is 507 cm³/mol. The summed E-state index contributed by atoms with van der Waals surface area (Å²) < 4.78 is 78.7. The lowest BCUT2D eigenvalue weighted by molar-refractivity contribution is -0.158. The van der Waals surface area contributed by atoms with E-state index in [2.05, 4.69) is 42.4 Å². The average Bonchev–Trinajstić information content (AvgIpc) is 1.51. The number of nitriles is 2. The van der Waals surface area contributed by atoms with Crippen molar-refractivity contribution in [2.45, 2.75) is 205 Å². The molecule has 4 saturated heterocycles. The van der Waals surface area contributed by atoms with Gasteiger partial charge in [0.1, 0.15) is 36.8 Å². The molecule has 0 saturated carbocycles. The molecule has 4 fully saturated rings. The smallest absolute Gasteiger partial charge is 0.331 e. The van der Waals surface area contributed by atoms with Gasteiger partial charge in [0.25, 0.3) is 0 Å². The number of phenolic OH excluding ortho intramolecular Hbond substituents is 3. The Morgan fingerprint density at radius 2 is 0.926 bits per heavy atom. The second kappa shape index (κ2) is 39.6. The number of halogens is 1. The van der Waals surface area contributed by atoms with Gasteiger partial charge in [0, 0.05) is 120 Å². The second-order valence-corrected chi connectivity index (χ2v) is 37.6. The van der Waals surface area contributed by atoms with Crippen LogP contribution in [0, 0.1) is 50.4 Å². The Bertz CT molecular complexity index is 6100. The molecule has 5 N–H and O–H groups in total. The molecule has 0 radical (unpaired) electrons. The lowest BCUT2D eigenvalue weighted by Crippen LogP contribution is -2.69. The van der Waals surface area contributed by atoms with Gasteiger partial charge in [0.2, 0.25) is 18.8 Å². The molecule has 135 heavy (non-hydrogen) atoms. The molecular weight excluding hydrogens is 1790 g/mol. The molecule has 33 heteroatoms. The SMILES string of the molecule is C.C.C.C.COc1cc2c(cc1O)CCN[C@]21CS[C@@H]2c3c(OC(C)=O)c(C)c4c(c3[C@H](COC1=O)N1C2[C@H]2c3c(cc(C)c(OC)c3O)C[C@@H]([C@@H]1C#N)N2C)OCO4.COc1cc2c(cc1OC(=O)CCc1ccccc1)CCN[C@]21CS[C@@H]2c3c(OC(C)=O)c(C)c4c(c3[C@H](COC1=O)N1C2[C@H]2c3c(cc(C)c(OC)c3O)C[C@@H]([C@@H]1C#N)N2C)OCO4.O=C(Cl)CCc1ccccc1. The topological polar surface area (TPSA) is 368 Å². The van der Waals surface area contributed by atoms with Gasteiger partial charge < -0.3 is 76.9 Å². The van der Waals surface area contributed by atoms with Crippen molar-refractivity contribution < 1.29 is 106 Å². The molecule has 2 unspecified atom stereocenters. The number of methoxy groups -OCH3 is 4. The molecule has 8 aromatic rings. The molecule has 2 spiro atoms. The zero-order valence-corrected chi connectivity index (χ0v) is 76.8. The highest BCUT2D eigenvalue weighted by atomic mass is 35.5. The fourth-order valence-corrected chi connectivity index (χ4v) is 25.9. The second-order valence-electron chi connectivity index (χ2n) is 35.0. The number of nitrogens with one attached hydrogen (secondary N) is 2. The minimum Gasteiger partial charge on any atom is -0.504 e. The molecular formula is C102H117ClN8O22S2. The number of piperazine rings is 2. The number of phenols is 3. The average molecular weight is 1910 g/mol. The molecule has 22 rings (SSSR count). The number of hydrogen-bond donors (Lipinski definition) is 5. The van der Waals surface area contributed by atoms with E-state index in [1.807, 2.05) is 115 Å². The fourth-order valence-electron chi connectivity index (χ4n) is 22.4. The van der Waals surface area contributed by atoms with Crippen LogP contribution in [-0.4, -0.2) is 200 Å². The third kappa shape index (κ3) is 16.6. The summed E-state index contributed by atoms with van der Waals surface area (Å²) >= 11 is 8.14. The summed E-state index contributed by atoms with van der Waals surface area (Å²) in [6.45, 7) is 10.5. The molecule has 14 heterocycles. The van der Waals surface area contributed by atoms with Crippen molar-refractivity contribution in [1.29, 1.82) is 10.5 Å². The Balaban J connectivity index is 0.000000191. The number of thioether (sulfide) groups is 2. The summed E-state index contributed by atoms with van der Waals surface area (Å²) in [6.07, 6.45) is 3.88. The van der Waals surface area contributed by atoms with E-state index in [-0.39, 0.29) is 126 Å². The third-order valence-electron chi connectivity index (χ3n) is 28.0. The van der Waals surface area contributed by atoms with Crippen LogP contribution < -0.4 is 62.7 Å². The highest BCUT2D eigenvalue weighted by Gasteiger charge is 2.65. The highest BCUT2D eigenvalue weighted by molar-refractivity contribution is 7.99. The predicted octanol–water partition coefficient (Wildman–Crippen LogP) is 14.7. The van der Waals surface area contributed by atoms with Crippen molar-refractivity contribution in [3.8, 4) is 92.6 Å². The van der Waals surface area contributed by atoms with Gasteiger partial charge in [-0.05, 0) is 172 Å². The van der Waals surface area contributed by atoms with Gasteiger partial charge in [-0.25, -0.2) is 9.59 Å². The van der Waals surface area contributed by atoms with E-state index in [1.165, 1.54) is 65.8 Å². The zero-order valence-electron chi connectivity index (χ0n) is 74.5. The number of hydrogen-bond acceptors (Lipinski definition) is 32. The largest absolute Gasteiger partial charge is 0.504 e. The minimum atomic E-state index is -1.43. The minimum absolute atomic E-state index is 0. The Morgan fingerprint density at radius 1 is 0.511 bits per heavy atom. The first-order chi connectivity index (χ1) is 63.1. The number of fused-ring (bicyclic) bond motifs is 18. The van der Waals surface area contributed by atoms with Crippen LogP contribution in [-0.2, 0) is 87.8 Å². The number of likely N-dealkylation sites (N-methyl/N-ethyl adjacent to an activating group) is 2. The van der Waals surface area contributed by atoms with E-state index < -0.39 is 99.8 Å². The lowest BCUT2D eigenvalue weighted by atomic mass is 9.71. The van der Waals surface area contributed by atoms with E-state index in [4.69, 9.17) is 73.2 Å². The van der Waals surface area contributed by atoms with Crippen molar-refractivity contribution >= 4 is 70.2 Å². The molecule has 8 bridgehead atoms. The molecule has 8 aromatic carbocycles. The number of aromatic hydroxyl groups is 3. The first kappa shape index (κ1) is 99.3. The number of ether oxygens (including phenoxy) is 13. The number of carbonyl (C=O) groups is 6. The van der Waals surface area contributed by atoms with Crippen LogP contribution >= 0.6 is 35.1 Å². The van der Waals surface area contributed by atoms with Gasteiger partial charge in [-0.3, -0.25) is 49.4 Å². The maximum atomic E-state index is 15.1. The van der Waals surface area contributed by atoms with Gasteiger partial charge in [0.05, 0.1) is 75.2 Å². The summed E-state index contributed by atoms with van der Waals surface area (Å²) in [7, 11) is 10.0. The number of aryl methyl sites for hydroxylation is 4. The maximum absolute atomic E-state index is 15.1. The van der Waals surface area contributed by atoms with E-state index in [1.54, 1.807) is 24.3 Å². The Hall–Kier alpha value is -11.7. The van der Waals surface area contributed by atoms with Crippen molar-refractivity contribution in [1.82, 2.24) is 30.2 Å². The van der Waals surface area contributed by atoms with Crippen LogP contribution in [0.25, 0.3) is 0 Å². The molecule has 30 nitrogen and oxygen atoms in total. The summed E-state index contributed by atoms with van der Waals surface area (Å²) in [6, 6.07) is 30.2. The van der Waals surface area contributed by atoms with Gasteiger partial charge in [0.15, 0.2) is 80.1 Å². The normalized spacial score (nSPS) is 25.1. The molecule has 14 aliphatic heterocycles. The first-order valence-corrected chi connectivity index (χ1v) is 46.1. The van der Waals surface area contributed by atoms with Crippen LogP contribution in [0.15, 0.2) is 97.1 Å². The van der Waals surface area contributed by atoms with Crippen LogP contribution in [0.5, 0.6) is 80.5 Å². The highest BCUT2D eigenvalue weighted by Crippen LogP contribution is 2.68. The molecule has 716 valence electrons. The fraction of sp³-hybridized carbons (Fsp3) is 0.451. The van der Waals surface area contributed by atoms with Gasteiger partial charge in [-0.1, -0.05) is 103 Å². The number of rotatable bonds is 13. The molecule has 0 aromatic heterocycles. The molecule has 14 atom stereocenters. The monoisotopic (exact) mass is 1900 g/mol. The number of carbonyl (C=O) groups excluding carboxylic acids is 6. The van der Waals surface area contributed by atoms with Gasteiger partial charge in [-0.15, -0.1) is 23.5 Å². The zero-order chi connectivity index (χ0) is 92.2. The maximum Gasteiger partial charge on any atom is 0.331 e. The summed E-state index contributed by atoms with van der Waals surface area (Å²) in [5.74, 6) is 1.73. The Morgan fingerprint density at radius 3 is 1.33 bits per heavy atom. The number of nitrogens with zero attached hydrogens (tertiary/aromatic N) is 6. The third-order valence-corrected chi connectivity index (χ3v) is 31.1.